The first-order valence-electron chi connectivity index (χ1n) is 40.7. The monoisotopic (exact) mass is 1250 g/mol. The van der Waals surface area contributed by atoms with Crippen molar-refractivity contribution in [3.63, 3.8) is 0 Å². The highest BCUT2D eigenvalue weighted by Gasteiger charge is 2.20. The zero-order chi connectivity index (χ0) is 64.2. The summed E-state index contributed by atoms with van der Waals surface area (Å²) >= 11 is 0. The molecule has 89 heavy (non-hydrogen) atoms. The van der Waals surface area contributed by atoms with Crippen LogP contribution < -0.4 is 5.32 Å². The van der Waals surface area contributed by atoms with E-state index in [2.05, 4.69) is 55.6 Å². The smallest absolute Gasteiger partial charge is 0.305 e. The molecule has 0 heterocycles. The maximum atomic E-state index is 12.6. The third kappa shape index (κ3) is 75.0. The summed E-state index contributed by atoms with van der Waals surface area (Å²) in [5, 5.41) is 23.5. The van der Waals surface area contributed by atoms with E-state index in [1.54, 1.807) is 0 Å². The topological polar surface area (TPSA) is 95.9 Å². The van der Waals surface area contributed by atoms with E-state index in [9.17, 15) is 19.8 Å². The summed E-state index contributed by atoms with van der Waals surface area (Å²) in [6.07, 6.45) is 102. The Hall–Kier alpha value is -1.92. The summed E-state index contributed by atoms with van der Waals surface area (Å²) in [4.78, 5) is 24.7. The van der Waals surface area contributed by atoms with E-state index in [-0.39, 0.29) is 18.5 Å². The number of hydrogen-bond acceptors (Lipinski definition) is 5. The van der Waals surface area contributed by atoms with Crippen LogP contribution in [0.3, 0.4) is 0 Å². The normalized spacial score (nSPS) is 12.6. The highest BCUT2D eigenvalue weighted by Crippen LogP contribution is 2.20. The molecule has 2 atom stereocenters. The van der Waals surface area contributed by atoms with Crippen LogP contribution in [-0.4, -0.2) is 47.4 Å². The van der Waals surface area contributed by atoms with Crippen LogP contribution in [0.15, 0.2) is 36.5 Å². The molecular weight excluding hydrogens is 1090 g/mol. The zero-order valence-electron chi connectivity index (χ0n) is 60.4. The van der Waals surface area contributed by atoms with E-state index in [0.29, 0.717) is 25.9 Å². The number of esters is 1. The number of unbranched alkanes of at least 4 members (excludes halogenated alkanes) is 60. The van der Waals surface area contributed by atoms with E-state index < -0.39 is 12.1 Å². The van der Waals surface area contributed by atoms with Gasteiger partial charge < -0.3 is 20.3 Å². The van der Waals surface area contributed by atoms with Gasteiger partial charge in [0, 0.05) is 12.8 Å². The summed E-state index contributed by atoms with van der Waals surface area (Å²) in [5.41, 5.74) is 0. The summed E-state index contributed by atoms with van der Waals surface area (Å²) < 4.78 is 5.51. The Morgan fingerprint density at radius 2 is 0.562 bits per heavy atom. The first-order chi connectivity index (χ1) is 44.0. The molecule has 3 N–H and O–H groups in total. The van der Waals surface area contributed by atoms with Crippen LogP contribution in [0.4, 0.5) is 0 Å². The Balaban J connectivity index is 3.39. The summed E-state index contributed by atoms with van der Waals surface area (Å²) in [6, 6.07) is -0.544. The molecular formula is C83H159NO5. The molecule has 0 aliphatic heterocycles. The number of allylic oxidation sites excluding steroid dienone is 6. The molecule has 0 rings (SSSR count). The van der Waals surface area contributed by atoms with Gasteiger partial charge in [-0.15, -0.1) is 0 Å². The molecule has 1 amide bonds. The number of carbonyl (C=O) groups is 2. The SMILES string of the molecule is CCCCCCCC/C=C\CCCCCCCCCCCC(=O)OCCCCCCCCCCC/C=C\C/C=C\CCCCCCCCCCCCCCCC(=O)NC(CO)C(O)CCCCCCCCCCCCCCCCCCCCCCCCCC. The molecule has 0 saturated carbocycles. The lowest BCUT2D eigenvalue weighted by Gasteiger charge is -2.22. The second kappa shape index (κ2) is 78.5. The lowest BCUT2D eigenvalue weighted by molar-refractivity contribution is -0.143. The molecule has 526 valence electrons. The predicted molar refractivity (Wildman–Crippen MR) is 393 cm³/mol. The highest BCUT2D eigenvalue weighted by atomic mass is 16.5. The summed E-state index contributed by atoms with van der Waals surface area (Å²) in [5.74, 6) is -0.0180. The number of hydrogen-bond donors (Lipinski definition) is 3. The van der Waals surface area contributed by atoms with Gasteiger partial charge in [0.25, 0.3) is 0 Å². The zero-order valence-corrected chi connectivity index (χ0v) is 60.4. The Kier molecular flexibility index (Phi) is 76.8. The number of aliphatic hydroxyl groups is 2. The predicted octanol–water partition coefficient (Wildman–Crippen LogP) is 27.0. The maximum Gasteiger partial charge on any atom is 0.305 e. The van der Waals surface area contributed by atoms with E-state index in [1.807, 2.05) is 0 Å². The molecule has 0 aliphatic rings. The average molecular weight is 1250 g/mol. The van der Waals surface area contributed by atoms with Gasteiger partial charge in [0.15, 0.2) is 0 Å². The Morgan fingerprint density at radius 1 is 0.315 bits per heavy atom. The van der Waals surface area contributed by atoms with Gasteiger partial charge in [0.2, 0.25) is 5.91 Å². The summed E-state index contributed by atoms with van der Waals surface area (Å²) in [6.45, 7) is 5.00. The fraction of sp³-hybridized carbons (Fsp3) is 0.904. The lowest BCUT2D eigenvalue weighted by Crippen LogP contribution is -2.45. The third-order valence-electron chi connectivity index (χ3n) is 19.2. The Labute approximate surface area is 557 Å². The molecule has 0 radical (unpaired) electrons. The maximum absolute atomic E-state index is 12.6. The molecule has 0 aliphatic carbocycles. The van der Waals surface area contributed by atoms with Gasteiger partial charge in [-0.05, 0) is 83.5 Å². The average Bonchev–Trinajstić information content (AvgIpc) is 3.56. The molecule has 6 heteroatoms. The fourth-order valence-electron chi connectivity index (χ4n) is 13.0. The number of amides is 1. The van der Waals surface area contributed by atoms with Crippen LogP contribution in [-0.2, 0) is 14.3 Å². The van der Waals surface area contributed by atoms with Crippen LogP contribution in [0, 0.1) is 0 Å². The minimum atomic E-state index is -0.667. The molecule has 0 fully saturated rings. The molecule has 0 aromatic rings. The van der Waals surface area contributed by atoms with Crippen LogP contribution in [0.1, 0.15) is 457 Å². The van der Waals surface area contributed by atoms with Crippen molar-refractivity contribution in [3.8, 4) is 0 Å². The molecule has 0 aromatic carbocycles. The van der Waals surface area contributed by atoms with Crippen LogP contribution in [0.25, 0.3) is 0 Å². The van der Waals surface area contributed by atoms with Crippen LogP contribution >= 0.6 is 0 Å². The van der Waals surface area contributed by atoms with Crippen LogP contribution in [0.2, 0.25) is 0 Å². The molecule has 0 saturated heterocycles. The molecule has 2 unspecified atom stereocenters. The van der Waals surface area contributed by atoms with Gasteiger partial charge in [-0.2, -0.15) is 0 Å². The number of rotatable bonds is 77. The number of aliphatic hydroxyl groups excluding tert-OH is 2. The van der Waals surface area contributed by atoms with E-state index >= 15 is 0 Å². The van der Waals surface area contributed by atoms with Crippen molar-refractivity contribution in [2.24, 2.45) is 0 Å². The van der Waals surface area contributed by atoms with Gasteiger partial charge in [0.05, 0.1) is 25.4 Å². The van der Waals surface area contributed by atoms with E-state index in [0.717, 1.165) is 51.4 Å². The number of nitrogens with one attached hydrogen (secondary N) is 1. The second-order valence-electron chi connectivity index (χ2n) is 28.1. The number of ether oxygens (including phenoxy) is 1. The molecule has 0 aromatic heterocycles. The van der Waals surface area contributed by atoms with Crippen molar-refractivity contribution in [2.75, 3.05) is 13.2 Å². The molecule has 6 nitrogen and oxygen atoms in total. The standard InChI is InChI=1S/C83H159NO5/c1-3-5-7-9-11-13-15-17-19-21-23-24-25-33-36-40-43-47-51-55-59-63-67-71-75-81(86)80(79-85)84-82(87)76-72-68-64-60-56-52-48-44-41-37-34-31-29-27-26-28-30-32-35-38-42-46-50-54-58-62-66-70-74-78-89-83(88)77-73-69-65-61-57-53-49-45-39-22-20-18-16-14-12-10-8-6-4-2/h18,20,26,28,32,35,80-81,85-86H,3-17,19,21-25,27,29-31,33-34,36-79H2,1-2H3,(H,84,87)/b20-18-,28-26-,35-32-. The highest BCUT2D eigenvalue weighted by molar-refractivity contribution is 5.76. The Morgan fingerprint density at radius 3 is 0.865 bits per heavy atom. The second-order valence-corrected chi connectivity index (χ2v) is 28.1. The third-order valence-corrected chi connectivity index (χ3v) is 19.2. The fourth-order valence-corrected chi connectivity index (χ4v) is 13.0. The minimum Gasteiger partial charge on any atom is -0.466 e. The quantitative estimate of drug-likeness (QED) is 0.0320. The van der Waals surface area contributed by atoms with Crippen molar-refractivity contribution < 1.29 is 24.5 Å². The van der Waals surface area contributed by atoms with E-state index in [4.69, 9.17) is 4.74 Å². The van der Waals surface area contributed by atoms with Gasteiger partial charge in [-0.25, -0.2) is 0 Å². The first kappa shape index (κ1) is 87.1. The van der Waals surface area contributed by atoms with Gasteiger partial charge >= 0.3 is 5.97 Å². The van der Waals surface area contributed by atoms with Crippen molar-refractivity contribution in [3.05, 3.63) is 36.5 Å². The molecule has 0 spiro atoms. The van der Waals surface area contributed by atoms with Crippen LogP contribution in [0.5, 0.6) is 0 Å². The van der Waals surface area contributed by atoms with Gasteiger partial charge in [-0.3, -0.25) is 9.59 Å². The van der Waals surface area contributed by atoms with Crippen molar-refractivity contribution in [1.82, 2.24) is 5.32 Å². The van der Waals surface area contributed by atoms with Gasteiger partial charge in [-0.1, -0.05) is 397 Å². The van der Waals surface area contributed by atoms with Crippen molar-refractivity contribution in [1.29, 1.82) is 0 Å². The number of carbonyl (C=O) groups excluding carboxylic acids is 2. The minimum absolute atomic E-state index is 0.0126. The summed E-state index contributed by atoms with van der Waals surface area (Å²) in [7, 11) is 0. The van der Waals surface area contributed by atoms with E-state index in [1.165, 1.54) is 372 Å². The van der Waals surface area contributed by atoms with Crippen molar-refractivity contribution in [2.45, 2.75) is 469 Å². The first-order valence-corrected chi connectivity index (χ1v) is 40.7. The lowest BCUT2D eigenvalue weighted by atomic mass is 10.0. The molecule has 0 bridgehead atoms. The largest absolute Gasteiger partial charge is 0.466 e. The van der Waals surface area contributed by atoms with Gasteiger partial charge in [0.1, 0.15) is 0 Å². The Bertz CT molecular complexity index is 1440. The van der Waals surface area contributed by atoms with Crippen molar-refractivity contribution >= 4 is 11.9 Å².